The Hall–Kier alpha value is -1.12. The first-order valence-electron chi connectivity index (χ1n) is 6.55. The van der Waals surface area contributed by atoms with Crippen LogP contribution in [0.2, 0.25) is 0 Å². The maximum atomic E-state index is 10.5. The van der Waals surface area contributed by atoms with Crippen LogP contribution in [-0.4, -0.2) is 13.8 Å². The zero-order chi connectivity index (χ0) is 12.3. The van der Waals surface area contributed by atoms with Crippen LogP contribution in [0.15, 0.2) is 24.3 Å². The molecule has 3 heteroatoms. The van der Waals surface area contributed by atoms with Gasteiger partial charge in [0.15, 0.2) is 0 Å². The Kier molecular flexibility index (Phi) is 7.36. The summed E-state index contributed by atoms with van der Waals surface area (Å²) in [7, 11) is 0.845. The van der Waals surface area contributed by atoms with E-state index in [1.54, 1.807) is 12.1 Å². The first-order chi connectivity index (χ1) is 8.36. The molecular formula is C14H21BO2. The molecule has 1 aromatic rings. The second-order valence-corrected chi connectivity index (χ2v) is 4.30. The van der Waals surface area contributed by atoms with Gasteiger partial charge in [-0.1, -0.05) is 6.92 Å². The molecule has 92 valence electrons. The fraction of sp³-hybridized carbons (Fsp3) is 0.571. The number of benzene rings is 1. The molecule has 0 saturated heterocycles. The molecule has 1 rings (SSSR count). The van der Waals surface area contributed by atoms with Crippen molar-refractivity contribution in [3.8, 4) is 5.75 Å². The van der Waals surface area contributed by atoms with Crippen molar-refractivity contribution in [2.24, 2.45) is 0 Å². The fourth-order valence-electron chi connectivity index (χ4n) is 1.72. The summed E-state index contributed by atoms with van der Waals surface area (Å²) in [6.45, 7) is 3.00. The molecule has 0 fully saturated rings. The van der Waals surface area contributed by atoms with Crippen molar-refractivity contribution >= 4 is 12.6 Å². The third-order valence-electron chi connectivity index (χ3n) is 2.78. The molecule has 0 N–H and O–H groups in total. The summed E-state index contributed by atoms with van der Waals surface area (Å²) in [5, 5.41) is 0. The molecule has 0 amide bonds. The van der Waals surface area contributed by atoms with E-state index < -0.39 is 0 Å². The zero-order valence-corrected chi connectivity index (χ0v) is 10.7. The van der Waals surface area contributed by atoms with Crippen LogP contribution >= 0.6 is 0 Å². The van der Waals surface area contributed by atoms with Gasteiger partial charge in [-0.05, 0) is 0 Å². The van der Waals surface area contributed by atoms with Crippen molar-refractivity contribution in [2.75, 3.05) is 6.61 Å². The Balaban J connectivity index is 2.07. The van der Waals surface area contributed by atoms with Gasteiger partial charge in [0.05, 0.1) is 0 Å². The molecule has 0 bridgehead atoms. The van der Waals surface area contributed by atoms with Crippen molar-refractivity contribution in [1.29, 1.82) is 0 Å². The van der Waals surface area contributed by atoms with Crippen LogP contribution in [0.1, 0.15) is 45.4 Å². The Morgan fingerprint density at radius 1 is 1.00 bits per heavy atom. The summed E-state index contributed by atoms with van der Waals surface area (Å²) < 4.78 is 16.1. The first-order valence-corrected chi connectivity index (χ1v) is 6.55. The van der Waals surface area contributed by atoms with Gasteiger partial charge in [-0.3, -0.25) is 0 Å². The fourth-order valence-corrected chi connectivity index (χ4v) is 1.72. The summed E-state index contributed by atoms with van der Waals surface area (Å²) in [4.78, 5) is 0. The predicted octanol–water partition coefficient (Wildman–Crippen LogP) is 3.10. The third kappa shape index (κ3) is 6.25. The van der Waals surface area contributed by atoms with Crippen molar-refractivity contribution in [3.05, 3.63) is 24.3 Å². The normalized spacial score (nSPS) is 9.94. The molecule has 1 aromatic carbocycles. The summed E-state index contributed by atoms with van der Waals surface area (Å²) >= 11 is 0. The Morgan fingerprint density at radius 3 is 2.29 bits per heavy atom. The molecule has 0 spiro atoms. The molecule has 2 nitrogen and oxygen atoms in total. The van der Waals surface area contributed by atoms with Crippen LogP contribution in [0.25, 0.3) is 0 Å². The van der Waals surface area contributed by atoms with E-state index in [4.69, 9.17) is 4.74 Å². The van der Waals surface area contributed by atoms with E-state index in [0.717, 1.165) is 25.9 Å². The minimum absolute atomic E-state index is 0.692. The van der Waals surface area contributed by atoms with Gasteiger partial charge in [0, 0.05) is 0 Å². The maximum absolute atomic E-state index is 10.5. The van der Waals surface area contributed by atoms with Crippen LogP contribution in [0.4, 0.5) is 0 Å². The molecule has 0 aliphatic carbocycles. The van der Waals surface area contributed by atoms with E-state index in [0.29, 0.717) is 5.46 Å². The van der Waals surface area contributed by atoms with Crippen LogP contribution in [0, 0.1) is 0 Å². The summed E-state index contributed by atoms with van der Waals surface area (Å²) in [6.07, 6.45) is 7.63. The van der Waals surface area contributed by atoms with Crippen LogP contribution in [0.3, 0.4) is 0 Å². The molecular weight excluding hydrogens is 211 g/mol. The van der Waals surface area contributed by atoms with Gasteiger partial charge >= 0.3 is 97.2 Å². The number of hydrogen-bond acceptors (Lipinski definition) is 2. The Labute approximate surface area is 105 Å². The Bertz CT molecular complexity index is 309. The van der Waals surface area contributed by atoms with E-state index in [2.05, 4.69) is 6.92 Å². The average molecular weight is 232 g/mol. The molecule has 0 unspecified atom stereocenters. The summed E-state index contributed by atoms with van der Waals surface area (Å²) in [5.41, 5.74) is 0.692. The molecule has 0 aromatic heterocycles. The number of rotatable bonds is 9. The van der Waals surface area contributed by atoms with Crippen LogP contribution in [0.5, 0.6) is 5.75 Å². The molecule has 0 radical (unpaired) electrons. The van der Waals surface area contributed by atoms with Crippen LogP contribution < -0.4 is 10.2 Å². The monoisotopic (exact) mass is 232 g/mol. The predicted molar refractivity (Wildman–Crippen MR) is 71.4 cm³/mol. The van der Waals surface area contributed by atoms with Gasteiger partial charge in [-0.2, -0.15) is 0 Å². The summed E-state index contributed by atoms with van der Waals surface area (Å²) in [5.74, 6) is 0.851. The minimum atomic E-state index is 0.692. The van der Waals surface area contributed by atoms with E-state index in [9.17, 15) is 4.70 Å². The average Bonchev–Trinajstić information content (AvgIpc) is 2.38. The van der Waals surface area contributed by atoms with Crippen molar-refractivity contribution in [2.45, 2.75) is 45.4 Å². The molecule has 17 heavy (non-hydrogen) atoms. The second kappa shape index (κ2) is 8.97. The number of ether oxygens (including phenoxy) is 1. The van der Waals surface area contributed by atoms with Crippen molar-refractivity contribution < 1.29 is 9.44 Å². The van der Waals surface area contributed by atoms with Gasteiger partial charge in [0.1, 0.15) is 0 Å². The quantitative estimate of drug-likeness (QED) is 0.483. The number of unbranched alkanes of at least 4 members (excludes halogenated alkanes) is 5. The van der Waals surface area contributed by atoms with Gasteiger partial charge < -0.3 is 0 Å². The third-order valence-corrected chi connectivity index (χ3v) is 2.78. The van der Waals surface area contributed by atoms with Gasteiger partial charge in [0.2, 0.25) is 0 Å². The second-order valence-electron chi connectivity index (χ2n) is 4.30. The number of hydrogen-bond donors (Lipinski definition) is 0. The molecule has 0 heterocycles. The van der Waals surface area contributed by atoms with Gasteiger partial charge in [-0.15, -0.1) is 0 Å². The topological polar surface area (TPSA) is 26.3 Å². The van der Waals surface area contributed by atoms with Gasteiger partial charge in [0.25, 0.3) is 0 Å². The Morgan fingerprint density at radius 2 is 1.65 bits per heavy atom. The van der Waals surface area contributed by atoms with E-state index in [-0.39, 0.29) is 0 Å². The first kappa shape index (κ1) is 13.9. The molecule has 0 saturated carbocycles. The zero-order valence-electron chi connectivity index (χ0n) is 10.7. The molecule has 0 aliphatic heterocycles. The van der Waals surface area contributed by atoms with E-state index in [1.165, 1.54) is 32.1 Å². The van der Waals surface area contributed by atoms with E-state index in [1.807, 2.05) is 12.1 Å². The summed E-state index contributed by atoms with van der Waals surface area (Å²) in [6, 6.07) is 7.26. The SMILES string of the molecule is CCCCCCCCOc1ccc(B=O)cc1. The van der Waals surface area contributed by atoms with Gasteiger partial charge in [-0.25, -0.2) is 0 Å². The molecule has 0 atom stereocenters. The van der Waals surface area contributed by atoms with Crippen molar-refractivity contribution in [3.63, 3.8) is 0 Å². The standard InChI is InChI=1S/C14H21BO2/c1-2-3-4-5-6-7-12-17-14-10-8-13(15-16)9-11-14/h8-11H,2-7,12H2,1H3. The molecule has 0 aliphatic rings. The van der Waals surface area contributed by atoms with Crippen LogP contribution in [-0.2, 0) is 4.70 Å². The van der Waals surface area contributed by atoms with E-state index >= 15 is 0 Å². The van der Waals surface area contributed by atoms with Crippen molar-refractivity contribution in [1.82, 2.24) is 0 Å².